The molecule has 0 saturated heterocycles. The van der Waals surface area contributed by atoms with Gasteiger partial charge in [0.2, 0.25) is 5.78 Å². The van der Waals surface area contributed by atoms with E-state index in [1.165, 1.54) is 0 Å². The average molecular weight is 407 g/mol. The number of rotatable bonds is 4. The van der Waals surface area contributed by atoms with Crippen LogP contribution in [-0.4, -0.2) is 10.2 Å². The molecule has 4 heteroatoms. The maximum atomic E-state index is 12.8. The summed E-state index contributed by atoms with van der Waals surface area (Å²) in [5.41, 5.74) is 5.08. The Balaban J connectivity index is 0.00000196. The lowest BCUT2D eigenvalue weighted by Gasteiger charge is -2.04. The van der Waals surface area contributed by atoms with E-state index < -0.39 is 0 Å². The summed E-state index contributed by atoms with van der Waals surface area (Å²) in [5, 5.41) is 0. The van der Waals surface area contributed by atoms with Crippen molar-refractivity contribution in [1.82, 2.24) is 4.40 Å². The number of hydrogen-bond donors (Lipinski definition) is 0. The molecule has 0 atom stereocenters. The molecule has 3 nitrogen and oxygen atoms in total. The molecule has 4 aromatic rings. The van der Waals surface area contributed by atoms with E-state index in [-0.39, 0.29) is 22.8 Å². The Kier molecular flexibility index (Phi) is 5.33. The zero-order chi connectivity index (χ0) is 17.2. The number of imidazole rings is 1. The minimum Gasteiger partial charge on any atom is -1.00 e. The number of Topliss-reactive ketones (excluding diaryl/α,β-unsaturated/α-hetero) is 1. The molecule has 0 spiro atoms. The van der Waals surface area contributed by atoms with Crippen LogP contribution < -0.4 is 21.5 Å². The van der Waals surface area contributed by atoms with Gasteiger partial charge in [-0.15, -0.1) is 0 Å². The summed E-state index contributed by atoms with van der Waals surface area (Å²) in [4.78, 5) is 12.8. The fourth-order valence-electron chi connectivity index (χ4n) is 3.34. The van der Waals surface area contributed by atoms with Gasteiger partial charge in [0.05, 0.1) is 6.20 Å². The van der Waals surface area contributed by atoms with Crippen LogP contribution in [0.2, 0.25) is 0 Å². The Bertz CT molecular complexity index is 1040. The van der Waals surface area contributed by atoms with E-state index in [0.717, 1.165) is 28.2 Å². The van der Waals surface area contributed by atoms with Crippen molar-refractivity contribution in [3.8, 4) is 11.3 Å². The Morgan fingerprint density at radius 2 is 1.50 bits per heavy atom. The van der Waals surface area contributed by atoms with Crippen molar-refractivity contribution >= 4 is 11.4 Å². The van der Waals surface area contributed by atoms with Crippen molar-refractivity contribution in [2.75, 3.05) is 0 Å². The summed E-state index contributed by atoms with van der Waals surface area (Å²) < 4.78 is 4.25. The second-order valence-corrected chi connectivity index (χ2v) is 6.10. The number of aryl methyl sites for hydroxylation is 1. The third kappa shape index (κ3) is 3.20. The molecule has 4 rings (SSSR count). The van der Waals surface area contributed by atoms with E-state index in [0.29, 0.717) is 6.54 Å². The smallest absolute Gasteiger partial charge is 0.287 e. The van der Waals surface area contributed by atoms with Gasteiger partial charge in [-0.05, 0) is 6.07 Å². The van der Waals surface area contributed by atoms with Gasteiger partial charge in [-0.25, -0.2) is 4.57 Å². The van der Waals surface area contributed by atoms with Crippen LogP contribution in [0.1, 0.15) is 16.1 Å². The molecule has 0 bridgehead atoms. The van der Waals surface area contributed by atoms with Gasteiger partial charge >= 0.3 is 0 Å². The van der Waals surface area contributed by atoms with Crippen LogP contribution in [0, 0.1) is 6.92 Å². The Labute approximate surface area is 163 Å². The van der Waals surface area contributed by atoms with E-state index in [1.54, 1.807) is 0 Å². The van der Waals surface area contributed by atoms with Gasteiger partial charge in [-0.2, -0.15) is 4.40 Å². The van der Waals surface area contributed by atoms with E-state index in [9.17, 15) is 4.79 Å². The molecule has 0 aliphatic heterocycles. The van der Waals surface area contributed by atoms with Crippen LogP contribution in [0.25, 0.3) is 16.9 Å². The highest BCUT2D eigenvalue weighted by atomic mass is 79.9. The quantitative estimate of drug-likeness (QED) is 0.367. The van der Waals surface area contributed by atoms with Gasteiger partial charge in [0, 0.05) is 24.1 Å². The van der Waals surface area contributed by atoms with E-state index in [2.05, 4.69) is 34.1 Å². The number of pyridine rings is 1. The number of carbonyl (C=O) groups excluding carboxylic acids is 1. The maximum absolute atomic E-state index is 12.8. The summed E-state index contributed by atoms with van der Waals surface area (Å²) in [6, 6.07) is 25.8. The van der Waals surface area contributed by atoms with Crippen molar-refractivity contribution in [3.63, 3.8) is 0 Å². The number of fused-ring (bicyclic) bond motifs is 1. The molecule has 0 amide bonds. The highest BCUT2D eigenvalue weighted by Gasteiger charge is 2.25. The third-order valence-electron chi connectivity index (χ3n) is 4.53. The van der Waals surface area contributed by atoms with Crippen LogP contribution >= 0.6 is 0 Å². The minimum atomic E-state index is 0. The molecule has 2 heterocycles. The first-order valence-corrected chi connectivity index (χ1v) is 8.39. The standard InChI is InChI=1S/C22H19N2O.BrH/c1-17-22(19-12-6-3-7-13-19)24(21-14-8-9-15-23(17)21)16-20(25)18-10-4-2-5-11-18;/h2-15H,16H2,1H3;1H/q+1;/p-1. The maximum Gasteiger partial charge on any atom is 0.287 e. The number of benzene rings is 2. The van der Waals surface area contributed by atoms with Crippen LogP contribution in [-0.2, 0) is 6.54 Å². The number of carbonyl (C=O) groups is 1. The Morgan fingerprint density at radius 3 is 2.19 bits per heavy atom. The largest absolute Gasteiger partial charge is 1.00 e. The van der Waals surface area contributed by atoms with Crippen LogP contribution in [0.5, 0.6) is 0 Å². The lowest BCUT2D eigenvalue weighted by atomic mass is 10.1. The second-order valence-electron chi connectivity index (χ2n) is 6.10. The van der Waals surface area contributed by atoms with Crippen molar-refractivity contribution in [3.05, 3.63) is 96.3 Å². The molecular formula is C22H19BrN2O. The fourth-order valence-corrected chi connectivity index (χ4v) is 3.34. The van der Waals surface area contributed by atoms with Crippen molar-refractivity contribution in [2.45, 2.75) is 13.5 Å². The van der Waals surface area contributed by atoms with E-state index in [4.69, 9.17) is 0 Å². The SMILES string of the molecule is Cc1c(-c2ccccc2)[n+](CC(=O)c2ccccc2)c2ccccn12.[Br-]. The molecule has 0 aliphatic carbocycles. The van der Waals surface area contributed by atoms with Crippen LogP contribution in [0.3, 0.4) is 0 Å². The predicted molar refractivity (Wildman–Crippen MR) is 98.5 cm³/mol. The first-order valence-electron chi connectivity index (χ1n) is 8.39. The predicted octanol–water partition coefficient (Wildman–Crippen LogP) is 1.09. The summed E-state index contributed by atoms with van der Waals surface area (Å²) in [6.07, 6.45) is 2.04. The lowest BCUT2D eigenvalue weighted by molar-refractivity contribution is -0.645. The average Bonchev–Trinajstić information content (AvgIpc) is 2.95. The summed E-state index contributed by atoms with van der Waals surface area (Å²) >= 11 is 0. The van der Waals surface area contributed by atoms with Crippen LogP contribution in [0.4, 0.5) is 0 Å². The number of halogens is 1. The molecule has 0 unspecified atom stereocenters. The molecule has 2 aromatic carbocycles. The summed E-state index contributed by atoms with van der Waals surface area (Å²) in [5.74, 6) is 0.110. The van der Waals surface area contributed by atoms with Crippen molar-refractivity contribution in [1.29, 1.82) is 0 Å². The minimum absolute atomic E-state index is 0. The van der Waals surface area contributed by atoms with E-state index in [1.807, 2.05) is 66.9 Å². The molecule has 0 fully saturated rings. The molecule has 0 radical (unpaired) electrons. The summed E-state index contributed by atoms with van der Waals surface area (Å²) in [6.45, 7) is 2.41. The lowest BCUT2D eigenvalue weighted by Crippen LogP contribution is -3.00. The van der Waals surface area contributed by atoms with Crippen LogP contribution in [0.15, 0.2) is 85.1 Å². The molecule has 0 aliphatic rings. The third-order valence-corrected chi connectivity index (χ3v) is 4.53. The molecule has 0 saturated carbocycles. The Morgan fingerprint density at radius 1 is 0.885 bits per heavy atom. The highest BCUT2D eigenvalue weighted by Crippen LogP contribution is 2.22. The number of hydrogen-bond acceptors (Lipinski definition) is 1. The van der Waals surface area contributed by atoms with Crippen molar-refractivity contribution < 1.29 is 26.3 Å². The molecule has 2 aromatic heterocycles. The molecular weight excluding hydrogens is 388 g/mol. The topological polar surface area (TPSA) is 25.4 Å². The van der Waals surface area contributed by atoms with Gasteiger partial charge in [0.25, 0.3) is 5.65 Å². The zero-order valence-electron chi connectivity index (χ0n) is 14.5. The number of nitrogens with zero attached hydrogens (tertiary/aromatic N) is 2. The van der Waals surface area contributed by atoms with Crippen molar-refractivity contribution in [2.24, 2.45) is 0 Å². The first kappa shape index (κ1) is 18.1. The Hall–Kier alpha value is -2.72. The van der Waals surface area contributed by atoms with Gasteiger partial charge in [0.1, 0.15) is 0 Å². The molecule has 130 valence electrons. The molecule has 0 N–H and O–H groups in total. The van der Waals surface area contributed by atoms with Gasteiger partial charge in [0.15, 0.2) is 17.9 Å². The molecule has 26 heavy (non-hydrogen) atoms. The van der Waals surface area contributed by atoms with Gasteiger partial charge < -0.3 is 17.0 Å². The van der Waals surface area contributed by atoms with E-state index >= 15 is 0 Å². The fraction of sp³-hybridized carbons (Fsp3) is 0.0909. The van der Waals surface area contributed by atoms with Gasteiger partial charge in [-0.3, -0.25) is 4.79 Å². The first-order chi connectivity index (χ1) is 12.3. The summed E-state index contributed by atoms with van der Waals surface area (Å²) in [7, 11) is 0. The second kappa shape index (κ2) is 7.67. The van der Waals surface area contributed by atoms with Gasteiger partial charge in [-0.1, -0.05) is 66.7 Å². The highest BCUT2D eigenvalue weighted by molar-refractivity contribution is 5.95. The number of aromatic nitrogens is 2. The number of ketones is 1. The zero-order valence-corrected chi connectivity index (χ0v) is 16.1. The normalized spacial score (nSPS) is 10.5. The monoisotopic (exact) mass is 406 g/mol.